The van der Waals surface area contributed by atoms with Gasteiger partial charge < -0.3 is 5.73 Å². The summed E-state index contributed by atoms with van der Waals surface area (Å²) >= 11 is 0. The molecule has 0 heterocycles. The first kappa shape index (κ1) is 10.8. The Kier molecular flexibility index (Phi) is 4.86. The first-order valence-electron chi connectivity index (χ1n) is 3.96. The lowest BCUT2D eigenvalue weighted by atomic mass is 10.1. The normalized spacial score (nSPS) is 10.7. The Morgan fingerprint density at radius 1 is 1.33 bits per heavy atom. The molecule has 0 saturated carbocycles. The summed E-state index contributed by atoms with van der Waals surface area (Å²) in [5, 5.41) is 0. The van der Waals surface area contributed by atoms with Crippen molar-refractivity contribution in [1.82, 2.24) is 0 Å². The van der Waals surface area contributed by atoms with E-state index in [4.69, 9.17) is 5.73 Å². The van der Waals surface area contributed by atoms with Crippen molar-refractivity contribution in [3.05, 3.63) is 48.2 Å². The zero-order valence-corrected chi connectivity index (χ0v) is 7.93. The third kappa shape index (κ3) is 5.54. The van der Waals surface area contributed by atoms with Crippen molar-refractivity contribution in [1.29, 1.82) is 0 Å². The molecule has 0 atom stereocenters. The maximum absolute atomic E-state index is 5.47. The van der Waals surface area contributed by atoms with E-state index in [0.29, 0.717) is 12.1 Å². The number of hydrogen-bond acceptors (Lipinski definition) is 1. The molecule has 0 saturated heterocycles. The van der Waals surface area contributed by atoms with Gasteiger partial charge in [0.1, 0.15) is 0 Å². The summed E-state index contributed by atoms with van der Waals surface area (Å²) in [7, 11) is 0. The SMILES string of the molecule is C=C/C(=C\C=C(C)C)CC(=C)N. The Hall–Kier alpha value is -1.24. The van der Waals surface area contributed by atoms with E-state index in [0.717, 1.165) is 5.57 Å². The standard InChI is InChI=1S/C11H17N/c1-5-11(8-10(4)12)7-6-9(2)3/h5-7H,1,4,8,12H2,2-3H3/b11-7+. The van der Waals surface area contributed by atoms with Crippen molar-refractivity contribution >= 4 is 0 Å². The Morgan fingerprint density at radius 3 is 2.25 bits per heavy atom. The highest BCUT2D eigenvalue weighted by Crippen LogP contribution is 2.07. The Bertz CT molecular complexity index is 227. The monoisotopic (exact) mass is 163 g/mol. The van der Waals surface area contributed by atoms with Crippen LogP contribution in [-0.2, 0) is 0 Å². The summed E-state index contributed by atoms with van der Waals surface area (Å²) in [5.41, 5.74) is 8.50. The molecule has 2 N–H and O–H groups in total. The molecule has 0 aromatic rings. The van der Waals surface area contributed by atoms with Crippen LogP contribution >= 0.6 is 0 Å². The number of nitrogens with two attached hydrogens (primary N) is 1. The van der Waals surface area contributed by atoms with Crippen LogP contribution in [0.15, 0.2) is 48.2 Å². The highest BCUT2D eigenvalue weighted by atomic mass is 14.6. The van der Waals surface area contributed by atoms with Gasteiger partial charge in [0.2, 0.25) is 0 Å². The molecule has 0 fully saturated rings. The van der Waals surface area contributed by atoms with Gasteiger partial charge in [-0.1, -0.05) is 37.0 Å². The maximum Gasteiger partial charge on any atom is 0.0115 e. The Balaban J connectivity index is 4.34. The van der Waals surface area contributed by atoms with Crippen LogP contribution in [-0.4, -0.2) is 0 Å². The van der Waals surface area contributed by atoms with Gasteiger partial charge in [0, 0.05) is 12.1 Å². The Labute approximate surface area is 75.0 Å². The van der Waals surface area contributed by atoms with Gasteiger partial charge in [-0.2, -0.15) is 0 Å². The summed E-state index contributed by atoms with van der Waals surface area (Å²) in [5.74, 6) is 0. The van der Waals surface area contributed by atoms with Gasteiger partial charge in [-0.3, -0.25) is 0 Å². The van der Waals surface area contributed by atoms with Crippen LogP contribution in [0.1, 0.15) is 20.3 Å². The predicted molar refractivity (Wildman–Crippen MR) is 55.7 cm³/mol. The van der Waals surface area contributed by atoms with Crippen molar-refractivity contribution in [2.75, 3.05) is 0 Å². The van der Waals surface area contributed by atoms with E-state index >= 15 is 0 Å². The molecular formula is C11H17N. The van der Waals surface area contributed by atoms with Gasteiger partial charge in [-0.05, 0) is 19.4 Å². The van der Waals surface area contributed by atoms with Crippen LogP contribution in [0.25, 0.3) is 0 Å². The molecule has 0 aromatic heterocycles. The predicted octanol–water partition coefficient (Wildman–Crippen LogP) is 2.93. The zero-order chi connectivity index (χ0) is 9.56. The average molecular weight is 163 g/mol. The summed E-state index contributed by atoms with van der Waals surface area (Å²) in [6.07, 6.45) is 6.56. The molecule has 1 nitrogen and oxygen atoms in total. The fourth-order valence-electron chi connectivity index (χ4n) is 0.735. The molecule has 0 radical (unpaired) electrons. The highest BCUT2D eigenvalue weighted by Gasteiger charge is 1.90. The van der Waals surface area contributed by atoms with E-state index in [-0.39, 0.29) is 0 Å². The molecule has 0 aliphatic heterocycles. The van der Waals surface area contributed by atoms with Crippen molar-refractivity contribution in [2.45, 2.75) is 20.3 Å². The molecule has 0 bridgehead atoms. The molecule has 1 heteroatoms. The fraction of sp³-hybridized carbons (Fsp3) is 0.273. The molecular weight excluding hydrogens is 146 g/mol. The number of hydrogen-bond donors (Lipinski definition) is 1. The zero-order valence-electron chi connectivity index (χ0n) is 7.93. The second kappa shape index (κ2) is 5.42. The van der Waals surface area contributed by atoms with Crippen molar-refractivity contribution < 1.29 is 0 Å². The topological polar surface area (TPSA) is 26.0 Å². The van der Waals surface area contributed by atoms with Crippen LogP contribution in [0.5, 0.6) is 0 Å². The van der Waals surface area contributed by atoms with E-state index in [9.17, 15) is 0 Å². The number of allylic oxidation sites excluding steroid dienone is 5. The van der Waals surface area contributed by atoms with Crippen LogP contribution in [0.2, 0.25) is 0 Å². The number of rotatable bonds is 4. The second-order valence-corrected chi connectivity index (χ2v) is 3.02. The van der Waals surface area contributed by atoms with E-state index < -0.39 is 0 Å². The Morgan fingerprint density at radius 2 is 1.92 bits per heavy atom. The first-order valence-corrected chi connectivity index (χ1v) is 3.96. The minimum absolute atomic E-state index is 0.670. The summed E-state index contributed by atoms with van der Waals surface area (Å²) in [6.45, 7) is 11.4. The summed E-state index contributed by atoms with van der Waals surface area (Å²) < 4.78 is 0. The third-order valence-electron chi connectivity index (χ3n) is 1.32. The van der Waals surface area contributed by atoms with E-state index in [2.05, 4.69) is 27.0 Å². The van der Waals surface area contributed by atoms with Gasteiger partial charge in [0.25, 0.3) is 0 Å². The van der Waals surface area contributed by atoms with Gasteiger partial charge >= 0.3 is 0 Å². The molecule has 0 rings (SSSR count). The van der Waals surface area contributed by atoms with Crippen LogP contribution in [0.4, 0.5) is 0 Å². The first-order chi connectivity index (χ1) is 5.56. The van der Waals surface area contributed by atoms with Gasteiger partial charge in [0.15, 0.2) is 0 Å². The lowest BCUT2D eigenvalue weighted by Crippen LogP contribution is -1.94. The summed E-state index contributed by atoms with van der Waals surface area (Å²) in [6, 6.07) is 0. The minimum Gasteiger partial charge on any atom is -0.402 e. The molecule has 0 amide bonds. The second-order valence-electron chi connectivity index (χ2n) is 3.02. The van der Waals surface area contributed by atoms with Gasteiger partial charge in [-0.15, -0.1) is 0 Å². The summed E-state index contributed by atoms with van der Waals surface area (Å²) in [4.78, 5) is 0. The minimum atomic E-state index is 0.670. The lowest BCUT2D eigenvalue weighted by Gasteiger charge is -1.99. The maximum atomic E-state index is 5.47. The molecule has 12 heavy (non-hydrogen) atoms. The van der Waals surface area contributed by atoms with E-state index in [1.54, 1.807) is 6.08 Å². The third-order valence-corrected chi connectivity index (χ3v) is 1.32. The van der Waals surface area contributed by atoms with Gasteiger partial charge in [0.05, 0.1) is 0 Å². The quantitative estimate of drug-likeness (QED) is 0.633. The van der Waals surface area contributed by atoms with Crippen LogP contribution in [0, 0.1) is 0 Å². The molecule has 0 aliphatic rings. The van der Waals surface area contributed by atoms with Crippen molar-refractivity contribution in [3.63, 3.8) is 0 Å². The molecule has 0 aromatic carbocycles. The van der Waals surface area contributed by atoms with Crippen LogP contribution in [0.3, 0.4) is 0 Å². The average Bonchev–Trinajstić information content (AvgIpc) is 1.97. The molecule has 0 unspecified atom stereocenters. The lowest BCUT2D eigenvalue weighted by molar-refractivity contribution is 1.13. The van der Waals surface area contributed by atoms with Crippen LogP contribution < -0.4 is 5.73 Å². The molecule has 66 valence electrons. The molecule has 0 aliphatic carbocycles. The van der Waals surface area contributed by atoms with Crippen molar-refractivity contribution in [3.8, 4) is 0 Å². The highest BCUT2D eigenvalue weighted by molar-refractivity contribution is 5.27. The fourth-order valence-corrected chi connectivity index (χ4v) is 0.735. The van der Waals surface area contributed by atoms with E-state index in [1.807, 2.05) is 12.2 Å². The van der Waals surface area contributed by atoms with Crippen molar-refractivity contribution in [2.24, 2.45) is 5.73 Å². The van der Waals surface area contributed by atoms with Gasteiger partial charge in [-0.25, -0.2) is 0 Å². The van der Waals surface area contributed by atoms with E-state index in [1.165, 1.54) is 5.57 Å². The molecule has 0 spiro atoms. The largest absolute Gasteiger partial charge is 0.402 e. The smallest absolute Gasteiger partial charge is 0.0115 e.